The number of nitrogens with zero attached hydrogens (tertiary/aromatic N) is 3. The summed E-state index contributed by atoms with van der Waals surface area (Å²) in [6.45, 7) is 3.47. The van der Waals surface area contributed by atoms with Gasteiger partial charge in [0.1, 0.15) is 5.82 Å². The molecule has 2 aliphatic carbocycles. The number of aromatic nitrogens is 2. The van der Waals surface area contributed by atoms with E-state index < -0.39 is 15.9 Å². The summed E-state index contributed by atoms with van der Waals surface area (Å²) in [7, 11) is -3.84. The van der Waals surface area contributed by atoms with E-state index in [1.807, 2.05) is 10.9 Å². The molecule has 1 amide bonds. The maximum atomic E-state index is 13.9. The number of rotatable bonds is 8. The number of hydrogen-bond acceptors (Lipinski definition) is 5. The zero-order valence-corrected chi connectivity index (χ0v) is 23.2. The number of benzene rings is 2. The minimum atomic E-state index is -3.84. The highest BCUT2D eigenvalue weighted by atomic mass is 32.2. The minimum Gasteiger partial charge on any atom is -0.377 e. The van der Waals surface area contributed by atoms with Crippen molar-refractivity contribution in [3.8, 4) is 5.69 Å². The molecule has 3 aromatic rings. The Kier molecular flexibility index (Phi) is 7.10. The lowest BCUT2D eigenvalue weighted by Gasteiger charge is -2.31. The largest absolute Gasteiger partial charge is 0.377 e. The zero-order valence-electron chi connectivity index (χ0n) is 22.4. The molecule has 2 N–H and O–H groups in total. The summed E-state index contributed by atoms with van der Waals surface area (Å²) in [5.74, 6) is -0.706. The van der Waals surface area contributed by atoms with Crippen molar-refractivity contribution in [3.63, 3.8) is 0 Å². The second-order valence-corrected chi connectivity index (χ2v) is 12.9. The van der Waals surface area contributed by atoms with Crippen molar-refractivity contribution >= 4 is 15.9 Å². The van der Waals surface area contributed by atoms with Gasteiger partial charge in [-0.25, -0.2) is 17.5 Å². The van der Waals surface area contributed by atoms with Crippen molar-refractivity contribution in [2.24, 2.45) is 11.7 Å². The second kappa shape index (κ2) is 10.6. The molecule has 210 valence electrons. The van der Waals surface area contributed by atoms with E-state index in [1.165, 1.54) is 47.5 Å². The molecule has 3 atom stereocenters. The van der Waals surface area contributed by atoms with Crippen molar-refractivity contribution < 1.29 is 22.3 Å². The van der Waals surface area contributed by atoms with Gasteiger partial charge in [0.15, 0.2) is 0 Å². The average molecular weight is 565 g/mol. The number of nitrogens with two attached hydrogens (primary N) is 1. The Morgan fingerprint density at radius 1 is 1.12 bits per heavy atom. The van der Waals surface area contributed by atoms with Crippen LogP contribution in [-0.4, -0.2) is 54.2 Å². The topological polar surface area (TPSA) is 108 Å². The fourth-order valence-corrected chi connectivity index (χ4v) is 8.07. The molecule has 6 rings (SSSR count). The minimum absolute atomic E-state index is 0.0772. The van der Waals surface area contributed by atoms with Gasteiger partial charge < -0.3 is 10.5 Å². The van der Waals surface area contributed by atoms with Crippen molar-refractivity contribution in [3.05, 3.63) is 88.5 Å². The number of amides is 1. The van der Waals surface area contributed by atoms with Crippen molar-refractivity contribution in [2.45, 2.75) is 55.9 Å². The van der Waals surface area contributed by atoms with Crippen LogP contribution in [0.4, 0.5) is 4.39 Å². The molecule has 40 heavy (non-hydrogen) atoms. The van der Waals surface area contributed by atoms with Gasteiger partial charge in [-0.05, 0) is 80.1 Å². The average Bonchev–Trinajstić information content (AvgIpc) is 3.70. The maximum Gasteiger partial charge on any atom is 0.248 e. The van der Waals surface area contributed by atoms with Crippen LogP contribution in [0, 0.1) is 11.7 Å². The molecule has 1 saturated heterocycles. The predicted molar refractivity (Wildman–Crippen MR) is 148 cm³/mol. The molecule has 0 bridgehead atoms. The van der Waals surface area contributed by atoms with Crippen LogP contribution in [0.15, 0.2) is 70.8 Å². The molecule has 0 spiro atoms. The van der Waals surface area contributed by atoms with Gasteiger partial charge in [-0.2, -0.15) is 9.40 Å². The number of carbonyl (C=O) groups excluding carboxylic acids is 1. The summed E-state index contributed by atoms with van der Waals surface area (Å²) in [6.07, 6.45) is 6.02. The van der Waals surface area contributed by atoms with Crippen molar-refractivity contribution in [1.82, 2.24) is 14.1 Å². The Hall–Kier alpha value is -3.34. The molecule has 1 unspecified atom stereocenters. The fraction of sp³-hybridized carbons (Fsp3) is 0.400. The molecule has 8 nitrogen and oxygen atoms in total. The molecule has 3 aliphatic rings. The molecular weight excluding hydrogens is 531 g/mol. The molecule has 10 heteroatoms. The van der Waals surface area contributed by atoms with Gasteiger partial charge in [-0.1, -0.05) is 18.1 Å². The normalized spacial score (nSPS) is 22.5. The summed E-state index contributed by atoms with van der Waals surface area (Å²) < 4.78 is 50.6. The fourth-order valence-electron chi connectivity index (χ4n) is 6.55. The van der Waals surface area contributed by atoms with E-state index in [4.69, 9.17) is 10.5 Å². The van der Waals surface area contributed by atoms with Gasteiger partial charge in [-0.3, -0.25) is 4.79 Å². The monoisotopic (exact) mass is 564 g/mol. The van der Waals surface area contributed by atoms with Crippen LogP contribution in [-0.2, 0) is 21.2 Å². The van der Waals surface area contributed by atoms with E-state index >= 15 is 0 Å². The third kappa shape index (κ3) is 4.88. The number of carbonyl (C=O) groups is 1. The Labute approximate surface area is 233 Å². The van der Waals surface area contributed by atoms with Gasteiger partial charge in [0.25, 0.3) is 0 Å². The first-order chi connectivity index (χ1) is 19.2. The molecule has 0 saturated carbocycles. The number of allylic oxidation sites excluding steroid dienone is 1. The molecule has 2 heterocycles. The van der Waals surface area contributed by atoms with Gasteiger partial charge >= 0.3 is 0 Å². The van der Waals surface area contributed by atoms with Gasteiger partial charge in [-0.15, -0.1) is 0 Å². The number of primary amides is 1. The molecule has 2 aromatic carbocycles. The zero-order chi connectivity index (χ0) is 28.0. The summed E-state index contributed by atoms with van der Waals surface area (Å²) in [5.41, 5.74) is 11.3. The van der Waals surface area contributed by atoms with E-state index in [1.54, 1.807) is 16.4 Å². The molecule has 1 aliphatic heterocycles. The summed E-state index contributed by atoms with van der Waals surface area (Å²) in [4.78, 5) is 11.7. The van der Waals surface area contributed by atoms with Crippen molar-refractivity contribution in [1.29, 1.82) is 0 Å². The van der Waals surface area contributed by atoms with E-state index in [-0.39, 0.29) is 34.2 Å². The van der Waals surface area contributed by atoms with Crippen LogP contribution in [0.25, 0.3) is 5.69 Å². The number of fused-ring (bicyclic) bond motifs is 1. The Bertz CT molecular complexity index is 1560. The van der Waals surface area contributed by atoms with Crippen LogP contribution in [0.3, 0.4) is 0 Å². The number of sulfonamides is 1. The number of hydrogen-bond donors (Lipinski definition) is 1. The van der Waals surface area contributed by atoms with Crippen LogP contribution in [0.5, 0.6) is 0 Å². The second-order valence-electron chi connectivity index (χ2n) is 11.0. The van der Waals surface area contributed by atoms with Crippen LogP contribution < -0.4 is 5.73 Å². The van der Waals surface area contributed by atoms with Crippen molar-refractivity contribution in [2.75, 3.05) is 19.7 Å². The Morgan fingerprint density at radius 2 is 1.88 bits per heavy atom. The highest BCUT2D eigenvalue weighted by Gasteiger charge is 2.39. The highest BCUT2D eigenvalue weighted by Crippen LogP contribution is 2.47. The van der Waals surface area contributed by atoms with E-state index in [9.17, 15) is 17.6 Å². The standard InChI is InChI=1S/C30H33FN4O4S/c1-19-27-16-33-35(24-10-8-23(31)9-11-24)28(27)15-21-4-5-22(29(19)21)17-34(18-25-3-2-14-39-25)40(37,38)26-12-6-20(7-13-26)30(32)36/h6-13,16,19,22,25H,2-5,14-15,17-18H2,1H3,(H2,32,36)/t19-,22+,25?/m0/s1. The Morgan fingerprint density at radius 3 is 2.55 bits per heavy atom. The van der Waals surface area contributed by atoms with Gasteiger partial charge in [0, 0.05) is 43.2 Å². The SMILES string of the molecule is C[C@@H]1C2=C(CC[C@@H]2CN(CC2CCCO2)S(=O)(=O)c2ccc(C(N)=O)cc2)Cc2c1cnn2-c1ccc(F)cc1. The van der Waals surface area contributed by atoms with Crippen LogP contribution >= 0.6 is 0 Å². The maximum absolute atomic E-state index is 13.9. The van der Waals surface area contributed by atoms with Crippen LogP contribution in [0.1, 0.15) is 60.1 Å². The van der Waals surface area contributed by atoms with E-state index in [0.29, 0.717) is 19.7 Å². The third-order valence-corrected chi connectivity index (χ3v) is 10.4. The molecule has 1 fully saturated rings. The van der Waals surface area contributed by atoms with E-state index in [2.05, 4.69) is 12.0 Å². The molecule has 0 radical (unpaired) electrons. The van der Waals surface area contributed by atoms with E-state index in [0.717, 1.165) is 49.0 Å². The predicted octanol–water partition coefficient (Wildman–Crippen LogP) is 4.35. The first-order valence-corrected chi connectivity index (χ1v) is 15.2. The lowest BCUT2D eigenvalue weighted by atomic mass is 9.80. The van der Waals surface area contributed by atoms with Gasteiger partial charge in [0.2, 0.25) is 15.9 Å². The Balaban J connectivity index is 1.28. The quantitative estimate of drug-likeness (QED) is 0.410. The lowest BCUT2D eigenvalue weighted by Crippen LogP contribution is -2.41. The number of halogens is 1. The summed E-state index contributed by atoms with van der Waals surface area (Å²) in [5, 5.41) is 4.64. The summed E-state index contributed by atoms with van der Waals surface area (Å²) in [6, 6.07) is 12.2. The summed E-state index contributed by atoms with van der Waals surface area (Å²) >= 11 is 0. The first kappa shape index (κ1) is 26.9. The third-order valence-electron chi connectivity index (χ3n) is 8.56. The first-order valence-electron chi connectivity index (χ1n) is 13.8. The molecular formula is C30H33FN4O4S. The van der Waals surface area contributed by atoms with Crippen LogP contribution in [0.2, 0.25) is 0 Å². The lowest BCUT2D eigenvalue weighted by molar-refractivity contribution is 0.0916. The number of ether oxygens (including phenoxy) is 1. The smallest absolute Gasteiger partial charge is 0.248 e. The van der Waals surface area contributed by atoms with Gasteiger partial charge in [0.05, 0.1) is 28.6 Å². The molecule has 1 aromatic heterocycles. The highest BCUT2D eigenvalue weighted by molar-refractivity contribution is 7.89.